The predicted molar refractivity (Wildman–Crippen MR) is 113 cm³/mol. The summed E-state index contributed by atoms with van der Waals surface area (Å²) in [6, 6.07) is 9.29. The van der Waals surface area contributed by atoms with Crippen LogP contribution in [0.15, 0.2) is 51.7 Å². The molecule has 0 saturated carbocycles. The van der Waals surface area contributed by atoms with Crippen LogP contribution in [0.2, 0.25) is 0 Å². The van der Waals surface area contributed by atoms with Gasteiger partial charge in [-0.25, -0.2) is 17.8 Å². The maximum absolute atomic E-state index is 13.2. The fourth-order valence-corrected chi connectivity index (χ4v) is 6.51. The molecule has 1 aliphatic heterocycles. The van der Waals surface area contributed by atoms with Crippen LogP contribution in [-0.4, -0.2) is 42.5 Å². The Bertz CT molecular complexity index is 1160. The van der Waals surface area contributed by atoms with E-state index in [0.717, 1.165) is 26.7 Å². The molecule has 1 saturated heterocycles. The van der Waals surface area contributed by atoms with Crippen LogP contribution in [0, 0.1) is 5.82 Å². The van der Waals surface area contributed by atoms with Gasteiger partial charge in [0.05, 0.1) is 15.1 Å². The number of thiazole rings is 1. The molecule has 1 N–H and O–H groups in total. The number of carbonyl (C=O) groups is 1. The molecule has 6 nitrogen and oxygen atoms in total. The van der Waals surface area contributed by atoms with Crippen molar-refractivity contribution in [3.05, 3.63) is 48.3 Å². The predicted octanol–water partition coefficient (Wildman–Crippen LogP) is 3.95. The highest BCUT2D eigenvalue weighted by Crippen LogP contribution is 2.31. The molecule has 0 unspecified atom stereocenters. The highest BCUT2D eigenvalue weighted by molar-refractivity contribution is 8.00. The van der Waals surface area contributed by atoms with E-state index in [4.69, 9.17) is 0 Å². The number of benzene rings is 2. The monoisotopic (exact) mass is 451 g/mol. The maximum atomic E-state index is 13.2. The van der Waals surface area contributed by atoms with E-state index < -0.39 is 21.9 Å². The molecule has 10 heteroatoms. The summed E-state index contributed by atoms with van der Waals surface area (Å²) in [4.78, 5) is 17.3. The zero-order chi connectivity index (χ0) is 20.6. The van der Waals surface area contributed by atoms with Crippen molar-refractivity contribution < 1.29 is 17.6 Å². The van der Waals surface area contributed by atoms with Gasteiger partial charge < -0.3 is 5.32 Å². The Kier molecular flexibility index (Phi) is 5.60. The van der Waals surface area contributed by atoms with Gasteiger partial charge in [-0.2, -0.15) is 4.31 Å². The molecule has 0 radical (unpaired) electrons. The smallest absolute Gasteiger partial charge is 0.243 e. The van der Waals surface area contributed by atoms with E-state index in [-0.39, 0.29) is 17.3 Å². The number of sulfonamides is 1. The summed E-state index contributed by atoms with van der Waals surface area (Å²) in [5.41, 5.74) is 1.46. The van der Waals surface area contributed by atoms with Crippen LogP contribution in [0.3, 0.4) is 0 Å². The number of amides is 1. The van der Waals surface area contributed by atoms with E-state index in [2.05, 4.69) is 10.3 Å². The van der Waals surface area contributed by atoms with Crippen molar-refractivity contribution in [2.75, 3.05) is 18.1 Å². The highest BCUT2D eigenvalue weighted by Gasteiger charge is 2.39. The Morgan fingerprint density at radius 1 is 1.28 bits per heavy atom. The van der Waals surface area contributed by atoms with Gasteiger partial charge in [-0.3, -0.25) is 4.79 Å². The van der Waals surface area contributed by atoms with Gasteiger partial charge >= 0.3 is 0 Å². The molecule has 29 heavy (non-hydrogen) atoms. The minimum absolute atomic E-state index is 0.0192. The molecule has 0 bridgehead atoms. The van der Waals surface area contributed by atoms with Crippen molar-refractivity contribution in [1.29, 1.82) is 0 Å². The van der Waals surface area contributed by atoms with E-state index in [1.807, 2.05) is 18.4 Å². The number of anilines is 1. The number of rotatable bonds is 5. The number of fused-ring (bicyclic) bond motifs is 1. The van der Waals surface area contributed by atoms with Gasteiger partial charge in [0.15, 0.2) is 4.34 Å². The SMILES string of the molecule is CSc1nc2ccc(NC(=O)[C@H]3CCCN3S(=O)(=O)c3ccc(F)cc3)cc2s1. The third-order valence-electron chi connectivity index (χ3n) is 4.74. The van der Waals surface area contributed by atoms with Crippen molar-refractivity contribution >= 4 is 54.9 Å². The summed E-state index contributed by atoms with van der Waals surface area (Å²) < 4.78 is 42.1. The molecule has 152 valence electrons. The summed E-state index contributed by atoms with van der Waals surface area (Å²) in [5.74, 6) is -0.884. The molecule has 0 spiro atoms. The number of hydrogen-bond donors (Lipinski definition) is 1. The van der Waals surface area contributed by atoms with Gasteiger partial charge in [0.25, 0.3) is 0 Å². The van der Waals surface area contributed by atoms with Gasteiger partial charge in [-0.05, 0) is 61.6 Å². The lowest BCUT2D eigenvalue weighted by molar-refractivity contribution is -0.119. The van der Waals surface area contributed by atoms with Crippen molar-refractivity contribution in [2.24, 2.45) is 0 Å². The normalized spacial score (nSPS) is 17.7. The van der Waals surface area contributed by atoms with Crippen molar-refractivity contribution in [2.45, 2.75) is 28.1 Å². The first kappa shape index (κ1) is 20.3. The summed E-state index contributed by atoms with van der Waals surface area (Å²) in [6.45, 7) is 0.253. The van der Waals surface area contributed by atoms with Crippen LogP contribution in [0.1, 0.15) is 12.8 Å². The first-order chi connectivity index (χ1) is 13.9. The highest BCUT2D eigenvalue weighted by atomic mass is 32.2. The van der Waals surface area contributed by atoms with E-state index in [1.54, 1.807) is 17.8 Å². The topological polar surface area (TPSA) is 79.4 Å². The molecule has 1 aliphatic rings. The Labute approximate surface area is 176 Å². The lowest BCUT2D eigenvalue weighted by atomic mass is 10.2. The molecule has 4 rings (SSSR count). The molecule has 0 aliphatic carbocycles. The molecule has 1 aromatic heterocycles. The average molecular weight is 452 g/mol. The molecule has 1 fully saturated rings. The van der Waals surface area contributed by atoms with Crippen molar-refractivity contribution in [3.63, 3.8) is 0 Å². The Balaban J connectivity index is 1.55. The Morgan fingerprint density at radius 2 is 2.03 bits per heavy atom. The second-order valence-corrected chi connectivity index (χ2v) is 10.6. The molecule has 3 aromatic rings. The molecular formula is C19H18FN3O3S3. The largest absolute Gasteiger partial charge is 0.325 e. The standard InChI is InChI=1S/C19H18FN3O3S3/c1-27-19-22-15-9-6-13(11-17(15)28-19)21-18(24)16-3-2-10-23(16)29(25,26)14-7-4-12(20)5-8-14/h4-9,11,16H,2-3,10H2,1H3,(H,21,24)/t16-/m1/s1. The van der Waals surface area contributed by atoms with E-state index >= 15 is 0 Å². The number of nitrogens with zero attached hydrogens (tertiary/aromatic N) is 2. The lowest BCUT2D eigenvalue weighted by Crippen LogP contribution is -2.43. The molecular weight excluding hydrogens is 433 g/mol. The Morgan fingerprint density at radius 3 is 2.76 bits per heavy atom. The van der Waals surface area contributed by atoms with Crippen LogP contribution < -0.4 is 5.32 Å². The van der Waals surface area contributed by atoms with E-state index in [9.17, 15) is 17.6 Å². The fourth-order valence-electron chi connectivity index (χ4n) is 3.33. The van der Waals surface area contributed by atoms with Gasteiger partial charge in [0.2, 0.25) is 15.9 Å². The zero-order valence-corrected chi connectivity index (χ0v) is 17.9. The van der Waals surface area contributed by atoms with Gasteiger partial charge in [0, 0.05) is 12.2 Å². The fraction of sp³-hybridized carbons (Fsp3) is 0.263. The second-order valence-electron chi connectivity index (χ2n) is 6.58. The summed E-state index contributed by atoms with van der Waals surface area (Å²) in [6.07, 6.45) is 2.98. The maximum Gasteiger partial charge on any atom is 0.243 e. The van der Waals surface area contributed by atoms with Crippen LogP contribution in [0.4, 0.5) is 10.1 Å². The third kappa shape index (κ3) is 4.02. The third-order valence-corrected chi connectivity index (χ3v) is 8.66. The van der Waals surface area contributed by atoms with Crippen molar-refractivity contribution in [3.8, 4) is 0 Å². The Hall–Kier alpha value is -2.01. The zero-order valence-electron chi connectivity index (χ0n) is 15.5. The summed E-state index contributed by atoms with van der Waals surface area (Å²) in [5, 5.41) is 2.83. The molecule has 2 aromatic carbocycles. The minimum atomic E-state index is -3.88. The molecule has 2 heterocycles. The quantitative estimate of drug-likeness (QED) is 0.594. The number of aromatic nitrogens is 1. The summed E-state index contributed by atoms with van der Waals surface area (Å²) in [7, 11) is -3.88. The lowest BCUT2D eigenvalue weighted by Gasteiger charge is -2.23. The van der Waals surface area contributed by atoms with E-state index in [1.165, 1.54) is 27.8 Å². The number of hydrogen-bond acceptors (Lipinski definition) is 6. The molecule has 1 atom stereocenters. The van der Waals surface area contributed by atoms with Crippen LogP contribution in [-0.2, 0) is 14.8 Å². The average Bonchev–Trinajstić information content (AvgIpc) is 3.35. The minimum Gasteiger partial charge on any atom is -0.325 e. The van der Waals surface area contributed by atoms with Crippen LogP contribution in [0.5, 0.6) is 0 Å². The second kappa shape index (κ2) is 8.02. The van der Waals surface area contributed by atoms with Crippen molar-refractivity contribution in [1.82, 2.24) is 9.29 Å². The first-order valence-electron chi connectivity index (χ1n) is 8.91. The van der Waals surface area contributed by atoms with E-state index in [0.29, 0.717) is 18.5 Å². The van der Waals surface area contributed by atoms with Crippen LogP contribution >= 0.6 is 23.1 Å². The summed E-state index contributed by atoms with van der Waals surface area (Å²) >= 11 is 3.10. The molecule has 1 amide bonds. The number of thioether (sulfide) groups is 1. The number of halogens is 1. The van der Waals surface area contributed by atoms with Gasteiger partial charge in [0.1, 0.15) is 11.9 Å². The number of nitrogens with one attached hydrogen (secondary N) is 1. The van der Waals surface area contributed by atoms with Gasteiger partial charge in [-0.15, -0.1) is 11.3 Å². The van der Waals surface area contributed by atoms with Gasteiger partial charge in [-0.1, -0.05) is 11.8 Å². The van der Waals surface area contributed by atoms with Crippen LogP contribution in [0.25, 0.3) is 10.2 Å². The first-order valence-corrected chi connectivity index (χ1v) is 12.4. The number of carbonyl (C=O) groups excluding carboxylic acids is 1.